The Hall–Kier alpha value is -1.42. The Bertz CT molecular complexity index is 381. The van der Waals surface area contributed by atoms with Crippen molar-refractivity contribution in [2.45, 2.75) is 12.1 Å². The normalized spacial score (nSPS) is 25.4. The van der Waals surface area contributed by atoms with Crippen molar-refractivity contribution in [3.8, 4) is 0 Å². The van der Waals surface area contributed by atoms with Gasteiger partial charge in [-0.25, -0.2) is 9.18 Å². The van der Waals surface area contributed by atoms with E-state index < -0.39 is 12.1 Å². The van der Waals surface area contributed by atoms with Crippen LogP contribution in [0.25, 0.3) is 0 Å². The fourth-order valence-electron chi connectivity index (χ4n) is 1.97. The molecule has 1 aliphatic heterocycles. The van der Waals surface area contributed by atoms with Gasteiger partial charge in [0.05, 0.1) is 5.56 Å². The zero-order chi connectivity index (χ0) is 10.8. The van der Waals surface area contributed by atoms with Gasteiger partial charge in [0, 0.05) is 19.0 Å². The first-order valence-electron chi connectivity index (χ1n) is 4.87. The Morgan fingerprint density at radius 1 is 1.40 bits per heavy atom. The summed E-state index contributed by atoms with van der Waals surface area (Å²) < 4.78 is 13.5. The average Bonchev–Trinajstić information content (AvgIpc) is 2.64. The third-order valence-corrected chi connectivity index (χ3v) is 2.73. The highest BCUT2D eigenvalue weighted by molar-refractivity contribution is 5.89. The van der Waals surface area contributed by atoms with E-state index in [9.17, 15) is 9.18 Å². The summed E-state index contributed by atoms with van der Waals surface area (Å²) >= 11 is 0. The van der Waals surface area contributed by atoms with Gasteiger partial charge in [-0.1, -0.05) is 18.2 Å². The number of hydrogen-bond donors (Lipinski definition) is 2. The van der Waals surface area contributed by atoms with E-state index in [-0.39, 0.29) is 11.5 Å². The van der Waals surface area contributed by atoms with Crippen molar-refractivity contribution in [2.75, 3.05) is 13.1 Å². The molecule has 3 nitrogen and oxygen atoms in total. The molecule has 0 radical (unpaired) electrons. The lowest BCUT2D eigenvalue weighted by molar-refractivity contribution is 0.0695. The van der Waals surface area contributed by atoms with Crippen LogP contribution in [0.3, 0.4) is 0 Å². The molecule has 0 bridgehead atoms. The van der Waals surface area contributed by atoms with Gasteiger partial charge in [0.15, 0.2) is 0 Å². The van der Waals surface area contributed by atoms with Gasteiger partial charge < -0.3 is 10.4 Å². The minimum absolute atomic E-state index is 0.203. The van der Waals surface area contributed by atoms with E-state index in [0.29, 0.717) is 18.7 Å². The van der Waals surface area contributed by atoms with Crippen LogP contribution in [0.5, 0.6) is 0 Å². The summed E-state index contributed by atoms with van der Waals surface area (Å²) in [5, 5.41) is 11.9. The zero-order valence-electron chi connectivity index (χ0n) is 8.11. The molecule has 1 aromatic carbocycles. The number of carboxylic acid groups (broad SMARTS) is 1. The Kier molecular flexibility index (Phi) is 2.68. The van der Waals surface area contributed by atoms with Gasteiger partial charge in [0.25, 0.3) is 0 Å². The molecule has 80 valence electrons. The molecule has 2 atom stereocenters. The second-order valence-corrected chi connectivity index (χ2v) is 3.67. The lowest BCUT2D eigenvalue weighted by atomic mass is 9.92. The van der Waals surface area contributed by atoms with Crippen molar-refractivity contribution in [1.82, 2.24) is 5.32 Å². The molecule has 15 heavy (non-hydrogen) atoms. The minimum atomic E-state index is -0.996. The maximum Gasteiger partial charge on any atom is 0.335 e. The molecule has 2 N–H and O–H groups in total. The summed E-state index contributed by atoms with van der Waals surface area (Å²) in [6.45, 7) is 0.810. The molecule has 1 heterocycles. The van der Waals surface area contributed by atoms with Crippen molar-refractivity contribution < 1.29 is 14.3 Å². The van der Waals surface area contributed by atoms with Crippen molar-refractivity contribution in [1.29, 1.82) is 0 Å². The summed E-state index contributed by atoms with van der Waals surface area (Å²) in [4.78, 5) is 10.9. The lowest BCUT2D eigenvalue weighted by Gasteiger charge is -2.14. The van der Waals surface area contributed by atoms with Gasteiger partial charge in [-0.3, -0.25) is 0 Å². The van der Waals surface area contributed by atoms with Crippen LogP contribution in [0.2, 0.25) is 0 Å². The van der Waals surface area contributed by atoms with Crippen molar-refractivity contribution in [3.05, 3.63) is 35.4 Å². The van der Waals surface area contributed by atoms with Gasteiger partial charge in [-0.2, -0.15) is 0 Å². The van der Waals surface area contributed by atoms with Crippen molar-refractivity contribution in [3.63, 3.8) is 0 Å². The Morgan fingerprint density at radius 3 is 2.73 bits per heavy atom. The van der Waals surface area contributed by atoms with Crippen LogP contribution in [0.4, 0.5) is 4.39 Å². The molecule has 0 amide bonds. The van der Waals surface area contributed by atoms with Crippen LogP contribution in [0, 0.1) is 0 Å². The third-order valence-electron chi connectivity index (χ3n) is 2.73. The van der Waals surface area contributed by atoms with E-state index in [0.717, 1.165) is 0 Å². The van der Waals surface area contributed by atoms with E-state index in [1.165, 1.54) is 6.07 Å². The summed E-state index contributed by atoms with van der Waals surface area (Å²) in [6.07, 6.45) is -0.995. The molecule has 2 rings (SSSR count). The number of rotatable bonds is 2. The number of benzene rings is 1. The van der Waals surface area contributed by atoms with Crippen LogP contribution in [0.15, 0.2) is 24.3 Å². The lowest BCUT2D eigenvalue weighted by Crippen LogP contribution is -2.15. The zero-order valence-corrected chi connectivity index (χ0v) is 8.11. The van der Waals surface area contributed by atoms with E-state index in [1.54, 1.807) is 18.2 Å². The quantitative estimate of drug-likeness (QED) is 0.774. The largest absolute Gasteiger partial charge is 0.478 e. The molecule has 1 aromatic rings. The molecule has 1 aliphatic rings. The average molecular weight is 209 g/mol. The molecule has 4 heteroatoms. The van der Waals surface area contributed by atoms with Crippen LogP contribution in [-0.2, 0) is 0 Å². The number of hydrogen-bond acceptors (Lipinski definition) is 2. The summed E-state index contributed by atoms with van der Waals surface area (Å²) in [7, 11) is 0. The highest BCUT2D eigenvalue weighted by atomic mass is 19.1. The number of carbonyl (C=O) groups is 1. The van der Waals surface area contributed by atoms with Crippen LogP contribution < -0.4 is 5.32 Å². The highest BCUT2D eigenvalue weighted by Crippen LogP contribution is 2.27. The molecule has 2 unspecified atom stereocenters. The maximum absolute atomic E-state index is 13.5. The topological polar surface area (TPSA) is 49.3 Å². The SMILES string of the molecule is O=C(O)c1ccccc1C1CNCC1F. The first-order valence-corrected chi connectivity index (χ1v) is 4.87. The number of carboxylic acids is 1. The van der Waals surface area contributed by atoms with E-state index in [1.807, 2.05) is 0 Å². The standard InChI is InChI=1S/C11H12FNO2/c12-10-6-13-5-9(10)7-3-1-2-4-8(7)11(14)15/h1-4,9-10,13H,5-6H2,(H,14,15). The van der Waals surface area contributed by atoms with Gasteiger partial charge in [0.2, 0.25) is 0 Å². The highest BCUT2D eigenvalue weighted by Gasteiger charge is 2.30. The van der Waals surface area contributed by atoms with E-state index >= 15 is 0 Å². The van der Waals surface area contributed by atoms with Crippen LogP contribution in [0.1, 0.15) is 21.8 Å². The summed E-state index contributed by atoms with van der Waals surface area (Å²) in [5.41, 5.74) is 0.788. The molecule has 1 saturated heterocycles. The first kappa shape index (κ1) is 10.1. The van der Waals surface area contributed by atoms with Gasteiger partial charge >= 0.3 is 5.97 Å². The second-order valence-electron chi connectivity index (χ2n) is 3.67. The number of alkyl halides is 1. The number of halogens is 1. The Balaban J connectivity index is 2.38. The molecule has 0 aromatic heterocycles. The fourth-order valence-corrected chi connectivity index (χ4v) is 1.97. The minimum Gasteiger partial charge on any atom is -0.478 e. The van der Waals surface area contributed by atoms with Gasteiger partial charge in [0.1, 0.15) is 6.17 Å². The van der Waals surface area contributed by atoms with E-state index in [2.05, 4.69) is 5.32 Å². The number of aromatic carboxylic acids is 1. The predicted molar refractivity (Wildman–Crippen MR) is 53.9 cm³/mol. The van der Waals surface area contributed by atoms with E-state index in [4.69, 9.17) is 5.11 Å². The predicted octanol–water partition coefficient (Wildman–Crippen LogP) is 1.41. The number of nitrogens with one attached hydrogen (secondary N) is 1. The second kappa shape index (κ2) is 3.98. The fraction of sp³-hybridized carbons (Fsp3) is 0.364. The smallest absolute Gasteiger partial charge is 0.335 e. The maximum atomic E-state index is 13.5. The summed E-state index contributed by atoms with van der Waals surface area (Å²) in [5.74, 6) is -1.33. The van der Waals surface area contributed by atoms with Gasteiger partial charge in [-0.05, 0) is 11.6 Å². The molecule has 1 fully saturated rings. The Morgan fingerprint density at radius 2 is 2.13 bits per heavy atom. The third kappa shape index (κ3) is 1.85. The molecule has 0 saturated carbocycles. The molecular weight excluding hydrogens is 197 g/mol. The Labute approximate surface area is 86.9 Å². The molecule has 0 spiro atoms. The monoisotopic (exact) mass is 209 g/mol. The summed E-state index contributed by atoms with van der Waals surface area (Å²) in [6, 6.07) is 6.60. The molecule has 0 aliphatic carbocycles. The van der Waals surface area contributed by atoms with Gasteiger partial charge in [-0.15, -0.1) is 0 Å². The van der Waals surface area contributed by atoms with Crippen molar-refractivity contribution in [2.24, 2.45) is 0 Å². The van der Waals surface area contributed by atoms with Crippen molar-refractivity contribution >= 4 is 5.97 Å². The molecular formula is C11H12FNO2. The van der Waals surface area contributed by atoms with Crippen LogP contribution >= 0.6 is 0 Å². The first-order chi connectivity index (χ1) is 7.20. The van der Waals surface area contributed by atoms with Crippen LogP contribution in [-0.4, -0.2) is 30.3 Å².